The molecule has 1 aliphatic rings. The summed E-state index contributed by atoms with van der Waals surface area (Å²) in [5.74, 6) is 0.117. The third kappa shape index (κ3) is 3.69. The second-order valence-electron chi connectivity index (χ2n) is 5.01. The van der Waals surface area contributed by atoms with Gasteiger partial charge < -0.3 is 10.2 Å². The topological polar surface area (TPSA) is 45.2 Å². The van der Waals surface area contributed by atoms with Crippen molar-refractivity contribution in [2.45, 2.75) is 39.0 Å². The summed E-state index contributed by atoms with van der Waals surface area (Å²) in [6.07, 6.45) is 9.40. The fraction of sp³-hybridized carbons (Fsp3) is 0.600. The highest BCUT2D eigenvalue weighted by Crippen LogP contribution is 2.18. The maximum atomic E-state index is 12.6. The number of nitrogens with zero attached hydrogens (tertiary/aromatic N) is 2. The third-order valence-corrected chi connectivity index (χ3v) is 3.56. The number of amides is 1. The molecule has 1 fully saturated rings. The van der Waals surface area contributed by atoms with Gasteiger partial charge in [0, 0.05) is 32.0 Å². The molecule has 0 atom stereocenters. The number of carbonyl (C=O) groups excluding carboxylic acids is 1. The molecule has 4 nitrogen and oxygen atoms in total. The van der Waals surface area contributed by atoms with E-state index in [-0.39, 0.29) is 5.91 Å². The van der Waals surface area contributed by atoms with E-state index in [9.17, 15) is 4.79 Å². The van der Waals surface area contributed by atoms with Crippen molar-refractivity contribution in [2.24, 2.45) is 0 Å². The molecule has 0 unspecified atom stereocenters. The Morgan fingerprint density at radius 3 is 2.63 bits per heavy atom. The number of aromatic nitrogens is 1. The predicted molar refractivity (Wildman–Crippen MR) is 77.4 cm³/mol. The highest BCUT2D eigenvalue weighted by atomic mass is 16.2. The predicted octanol–water partition coefficient (Wildman–Crippen LogP) is 2.92. The first kappa shape index (κ1) is 13.8. The number of hydrogen-bond donors (Lipinski definition) is 1. The minimum atomic E-state index is 0.117. The zero-order valence-corrected chi connectivity index (χ0v) is 11.7. The number of rotatable bonds is 3. The molecule has 1 amide bonds. The highest BCUT2D eigenvalue weighted by molar-refractivity contribution is 5.99. The van der Waals surface area contributed by atoms with E-state index in [0.717, 1.165) is 38.2 Å². The molecule has 19 heavy (non-hydrogen) atoms. The van der Waals surface area contributed by atoms with Gasteiger partial charge >= 0.3 is 0 Å². The Labute approximate surface area is 115 Å². The second kappa shape index (κ2) is 7.12. The van der Waals surface area contributed by atoms with Crippen LogP contribution in [0.25, 0.3) is 0 Å². The Kier molecular flexibility index (Phi) is 5.19. The summed E-state index contributed by atoms with van der Waals surface area (Å²) in [7, 11) is 0. The van der Waals surface area contributed by atoms with Crippen molar-refractivity contribution in [3.8, 4) is 0 Å². The monoisotopic (exact) mass is 261 g/mol. The van der Waals surface area contributed by atoms with Gasteiger partial charge in [-0.3, -0.25) is 9.78 Å². The Balaban J connectivity index is 2.12. The van der Waals surface area contributed by atoms with E-state index in [1.54, 1.807) is 12.4 Å². The molecule has 1 saturated heterocycles. The van der Waals surface area contributed by atoms with Gasteiger partial charge in [0.2, 0.25) is 0 Å². The van der Waals surface area contributed by atoms with Gasteiger partial charge in [0.05, 0.1) is 11.3 Å². The summed E-state index contributed by atoms with van der Waals surface area (Å²) in [5.41, 5.74) is 1.59. The minimum Gasteiger partial charge on any atom is -0.385 e. The number of carbonyl (C=O) groups is 1. The van der Waals surface area contributed by atoms with E-state index >= 15 is 0 Å². The maximum Gasteiger partial charge on any atom is 0.257 e. The quantitative estimate of drug-likeness (QED) is 0.910. The van der Waals surface area contributed by atoms with Crippen molar-refractivity contribution < 1.29 is 4.79 Å². The SMILES string of the molecule is CCNc1ccncc1C(=O)N1CCCCCCC1. The molecule has 104 valence electrons. The molecule has 0 radical (unpaired) electrons. The van der Waals surface area contributed by atoms with Gasteiger partial charge in [-0.1, -0.05) is 19.3 Å². The lowest BCUT2D eigenvalue weighted by atomic mass is 10.1. The number of hydrogen-bond acceptors (Lipinski definition) is 3. The van der Waals surface area contributed by atoms with Crippen LogP contribution in [0.3, 0.4) is 0 Å². The standard InChI is InChI=1S/C15H23N3O/c1-2-17-14-8-9-16-12-13(14)15(19)18-10-6-4-3-5-7-11-18/h8-9,12H,2-7,10-11H2,1H3,(H,16,17). The van der Waals surface area contributed by atoms with Crippen LogP contribution in [0.4, 0.5) is 5.69 Å². The summed E-state index contributed by atoms with van der Waals surface area (Å²) in [6.45, 7) is 4.59. The average Bonchev–Trinajstić information content (AvgIpc) is 2.39. The lowest BCUT2D eigenvalue weighted by Gasteiger charge is -2.25. The van der Waals surface area contributed by atoms with Crippen LogP contribution in [-0.2, 0) is 0 Å². The van der Waals surface area contributed by atoms with Crippen LogP contribution in [0, 0.1) is 0 Å². The van der Waals surface area contributed by atoms with E-state index in [1.807, 2.05) is 17.9 Å². The second-order valence-corrected chi connectivity index (χ2v) is 5.01. The van der Waals surface area contributed by atoms with Crippen LogP contribution < -0.4 is 5.32 Å². The molecule has 1 N–H and O–H groups in total. The molecular formula is C15H23N3O. The lowest BCUT2D eigenvalue weighted by molar-refractivity contribution is 0.0743. The van der Waals surface area contributed by atoms with Gasteiger partial charge in [-0.05, 0) is 25.8 Å². The minimum absolute atomic E-state index is 0.117. The third-order valence-electron chi connectivity index (χ3n) is 3.56. The van der Waals surface area contributed by atoms with Crippen molar-refractivity contribution >= 4 is 11.6 Å². The molecule has 0 bridgehead atoms. The van der Waals surface area contributed by atoms with E-state index in [0.29, 0.717) is 5.56 Å². The number of nitrogens with one attached hydrogen (secondary N) is 1. The Morgan fingerprint density at radius 1 is 1.26 bits per heavy atom. The molecule has 0 aliphatic carbocycles. The van der Waals surface area contributed by atoms with Crippen LogP contribution in [0.15, 0.2) is 18.5 Å². The largest absolute Gasteiger partial charge is 0.385 e. The molecule has 0 saturated carbocycles. The zero-order chi connectivity index (χ0) is 13.5. The summed E-state index contributed by atoms with van der Waals surface area (Å²) in [5, 5.41) is 3.24. The fourth-order valence-electron chi connectivity index (χ4n) is 2.53. The Morgan fingerprint density at radius 2 is 1.95 bits per heavy atom. The van der Waals surface area contributed by atoms with Gasteiger partial charge in [-0.25, -0.2) is 0 Å². The molecule has 2 heterocycles. The number of pyridine rings is 1. The maximum absolute atomic E-state index is 12.6. The van der Waals surface area contributed by atoms with Crippen LogP contribution in [0.2, 0.25) is 0 Å². The van der Waals surface area contributed by atoms with E-state index in [1.165, 1.54) is 19.3 Å². The summed E-state index contributed by atoms with van der Waals surface area (Å²) in [4.78, 5) is 18.7. The zero-order valence-electron chi connectivity index (χ0n) is 11.7. The highest BCUT2D eigenvalue weighted by Gasteiger charge is 2.19. The normalized spacial score (nSPS) is 16.6. The van der Waals surface area contributed by atoms with Gasteiger partial charge in [0.15, 0.2) is 0 Å². The van der Waals surface area contributed by atoms with E-state index < -0.39 is 0 Å². The summed E-state index contributed by atoms with van der Waals surface area (Å²) < 4.78 is 0. The first-order chi connectivity index (χ1) is 9.33. The first-order valence-corrected chi connectivity index (χ1v) is 7.30. The molecule has 2 rings (SSSR count). The smallest absolute Gasteiger partial charge is 0.257 e. The summed E-state index contributed by atoms with van der Waals surface area (Å²) >= 11 is 0. The lowest BCUT2D eigenvalue weighted by Crippen LogP contribution is -2.34. The van der Waals surface area contributed by atoms with E-state index in [4.69, 9.17) is 0 Å². The molecule has 1 aromatic rings. The molecule has 0 spiro atoms. The van der Waals surface area contributed by atoms with Gasteiger partial charge in [0.25, 0.3) is 5.91 Å². The fourth-order valence-corrected chi connectivity index (χ4v) is 2.53. The van der Waals surface area contributed by atoms with Crippen molar-refractivity contribution in [3.63, 3.8) is 0 Å². The van der Waals surface area contributed by atoms with Crippen LogP contribution in [0.1, 0.15) is 49.4 Å². The van der Waals surface area contributed by atoms with Gasteiger partial charge in [-0.2, -0.15) is 0 Å². The van der Waals surface area contributed by atoms with Crippen LogP contribution in [0.5, 0.6) is 0 Å². The van der Waals surface area contributed by atoms with Crippen molar-refractivity contribution in [1.29, 1.82) is 0 Å². The number of anilines is 1. The summed E-state index contributed by atoms with van der Waals surface area (Å²) in [6, 6.07) is 1.88. The average molecular weight is 261 g/mol. The Hall–Kier alpha value is -1.58. The number of likely N-dealkylation sites (tertiary alicyclic amines) is 1. The van der Waals surface area contributed by atoms with Gasteiger partial charge in [0.1, 0.15) is 0 Å². The van der Waals surface area contributed by atoms with Crippen molar-refractivity contribution in [2.75, 3.05) is 25.0 Å². The van der Waals surface area contributed by atoms with E-state index in [2.05, 4.69) is 10.3 Å². The Bertz CT molecular complexity index is 412. The molecule has 1 aromatic heterocycles. The molecule has 1 aliphatic heterocycles. The van der Waals surface area contributed by atoms with Crippen LogP contribution >= 0.6 is 0 Å². The van der Waals surface area contributed by atoms with Crippen LogP contribution in [-0.4, -0.2) is 35.4 Å². The van der Waals surface area contributed by atoms with Crippen molar-refractivity contribution in [3.05, 3.63) is 24.0 Å². The first-order valence-electron chi connectivity index (χ1n) is 7.30. The molecular weight excluding hydrogens is 238 g/mol. The van der Waals surface area contributed by atoms with Crippen molar-refractivity contribution in [1.82, 2.24) is 9.88 Å². The van der Waals surface area contributed by atoms with Gasteiger partial charge in [-0.15, -0.1) is 0 Å². The molecule has 4 heteroatoms. The molecule has 0 aromatic carbocycles.